The number of hydrogen-bond donors (Lipinski definition) is 2. The first kappa shape index (κ1) is 20.5. The third-order valence-electron chi connectivity index (χ3n) is 3.97. The highest BCUT2D eigenvalue weighted by molar-refractivity contribution is 6.06. The Labute approximate surface area is 162 Å². The normalized spacial score (nSPS) is 10.9. The molecule has 8 nitrogen and oxygen atoms in total. The molecule has 0 atom stereocenters. The van der Waals surface area contributed by atoms with Crippen molar-refractivity contribution in [3.05, 3.63) is 69.9 Å². The van der Waals surface area contributed by atoms with Crippen molar-refractivity contribution in [3.8, 4) is 11.8 Å². The highest BCUT2D eigenvalue weighted by atomic mass is 16.6. The third-order valence-corrected chi connectivity index (χ3v) is 3.97. The van der Waals surface area contributed by atoms with Crippen molar-refractivity contribution < 1.29 is 14.5 Å². The lowest BCUT2D eigenvalue weighted by atomic mass is 10.0. The van der Waals surface area contributed by atoms with Gasteiger partial charge in [-0.05, 0) is 29.7 Å². The van der Waals surface area contributed by atoms with Gasteiger partial charge >= 0.3 is 0 Å². The summed E-state index contributed by atoms with van der Waals surface area (Å²) in [6.07, 6.45) is 1.22. The molecule has 0 saturated heterocycles. The van der Waals surface area contributed by atoms with Gasteiger partial charge in [0.1, 0.15) is 17.4 Å². The molecule has 0 aliphatic carbocycles. The topological polar surface area (TPSA) is 117 Å². The molecule has 0 bridgehead atoms. The van der Waals surface area contributed by atoms with Gasteiger partial charge in [0.25, 0.3) is 11.6 Å². The largest absolute Gasteiger partial charge is 0.494 e. The maximum Gasteiger partial charge on any atom is 0.273 e. The molecule has 144 valence electrons. The zero-order chi connectivity index (χ0) is 20.7. The van der Waals surface area contributed by atoms with Gasteiger partial charge in [-0.25, -0.2) is 0 Å². The predicted molar refractivity (Wildman–Crippen MR) is 106 cm³/mol. The Morgan fingerprint density at radius 2 is 1.93 bits per heavy atom. The molecule has 0 aromatic heterocycles. The Hall–Kier alpha value is -3.86. The number of anilines is 2. The minimum absolute atomic E-state index is 0.130. The molecule has 0 spiro atoms. The quantitative estimate of drug-likeness (QED) is 0.322. The van der Waals surface area contributed by atoms with Crippen LogP contribution in [-0.4, -0.2) is 17.9 Å². The van der Waals surface area contributed by atoms with Crippen LogP contribution >= 0.6 is 0 Å². The zero-order valence-corrected chi connectivity index (χ0v) is 15.7. The predicted octanol–water partition coefficient (Wildman–Crippen LogP) is 4.18. The maximum absolute atomic E-state index is 12.3. The van der Waals surface area contributed by atoms with Gasteiger partial charge in [-0.15, -0.1) is 0 Å². The van der Waals surface area contributed by atoms with Crippen molar-refractivity contribution in [2.75, 3.05) is 17.7 Å². The van der Waals surface area contributed by atoms with Crippen molar-refractivity contribution in [1.82, 2.24) is 0 Å². The molecule has 0 radical (unpaired) electrons. The molecule has 2 N–H and O–H groups in total. The van der Waals surface area contributed by atoms with Crippen LogP contribution in [0.15, 0.2) is 54.2 Å². The Kier molecular flexibility index (Phi) is 6.71. The van der Waals surface area contributed by atoms with Crippen LogP contribution < -0.4 is 15.4 Å². The highest BCUT2D eigenvalue weighted by Crippen LogP contribution is 2.29. The lowest BCUT2D eigenvalue weighted by molar-refractivity contribution is -0.384. The summed E-state index contributed by atoms with van der Waals surface area (Å²) in [7, 11) is 1.37. The van der Waals surface area contributed by atoms with Gasteiger partial charge < -0.3 is 15.4 Å². The van der Waals surface area contributed by atoms with E-state index in [1.54, 1.807) is 12.1 Å². The van der Waals surface area contributed by atoms with E-state index in [1.165, 1.54) is 31.5 Å². The number of nitrogens with one attached hydrogen (secondary N) is 2. The number of benzene rings is 2. The molecule has 2 rings (SSSR count). The summed E-state index contributed by atoms with van der Waals surface area (Å²) in [5.74, 6) is 0.0146. The fourth-order valence-electron chi connectivity index (χ4n) is 2.36. The third kappa shape index (κ3) is 5.08. The molecular weight excluding hydrogens is 360 g/mol. The van der Waals surface area contributed by atoms with Crippen LogP contribution in [0.3, 0.4) is 0 Å². The first-order valence-electron chi connectivity index (χ1n) is 8.46. The molecule has 0 fully saturated rings. The number of nitriles is 1. The maximum atomic E-state index is 12.3. The van der Waals surface area contributed by atoms with Crippen LogP contribution in [0.5, 0.6) is 5.75 Å². The molecule has 8 heteroatoms. The molecule has 0 aliphatic heterocycles. The van der Waals surface area contributed by atoms with Crippen molar-refractivity contribution in [1.29, 1.82) is 5.26 Å². The van der Waals surface area contributed by atoms with Crippen LogP contribution in [0.2, 0.25) is 0 Å². The number of nitro groups is 1. The minimum atomic E-state index is -0.576. The number of carbonyl (C=O) groups is 1. The molecule has 28 heavy (non-hydrogen) atoms. The smallest absolute Gasteiger partial charge is 0.273 e. The van der Waals surface area contributed by atoms with Crippen molar-refractivity contribution in [2.45, 2.75) is 19.8 Å². The van der Waals surface area contributed by atoms with Crippen LogP contribution in [0.1, 0.15) is 25.3 Å². The average molecular weight is 380 g/mol. The Bertz CT molecular complexity index is 944. The first-order valence-corrected chi connectivity index (χ1v) is 8.46. The second-order valence-electron chi connectivity index (χ2n) is 6.19. The molecule has 0 heterocycles. The molecule has 1 amide bonds. The fourth-order valence-corrected chi connectivity index (χ4v) is 2.36. The monoisotopic (exact) mass is 380 g/mol. The number of carbonyl (C=O) groups excluding carboxylic acids is 1. The van der Waals surface area contributed by atoms with Crippen LogP contribution in [0.25, 0.3) is 0 Å². The summed E-state index contributed by atoms with van der Waals surface area (Å²) in [6, 6.07) is 13.2. The van der Waals surface area contributed by atoms with E-state index in [9.17, 15) is 20.2 Å². The average Bonchev–Trinajstić information content (AvgIpc) is 2.68. The Balaban J connectivity index is 2.14. The van der Waals surface area contributed by atoms with Crippen molar-refractivity contribution in [2.24, 2.45) is 0 Å². The van der Waals surface area contributed by atoms with Crippen LogP contribution in [0, 0.1) is 21.4 Å². The number of hydrogen-bond acceptors (Lipinski definition) is 6. The van der Waals surface area contributed by atoms with Gasteiger partial charge in [-0.1, -0.05) is 26.0 Å². The number of nitrogens with zero attached hydrogens (tertiary/aromatic N) is 2. The van der Waals surface area contributed by atoms with Crippen LogP contribution in [0.4, 0.5) is 17.1 Å². The van der Waals surface area contributed by atoms with Gasteiger partial charge in [0.05, 0.1) is 23.8 Å². The van der Waals surface area contributed by atoms with Gasteiger partial charge in [-0.2, -0.15) is 5.26 Å². The summed E-state index contributed by atoms with van der Waals surface area (Å²) in [5.41, 5.74) is 1.81. The summed E-state index contributed by atoms with van der Waals surface area (Å²) in [6.45, 7) is 4.14. The number of ether oxygens (including phenoxy) is 1. The number of non-ortho nitro benzene ring substituents is 1. The molecule has 0 aliphatic rings. The second kappa shape index (κ2) is 9.19. The summed E-state index contributed by atoms with van der Waals surface area (Å²) < 4.78 is 5.11. The standard InChI is InChI=1S/C20H20N4O4/c1-13(2)14-4-6-16(7-5-14)23-20(25)15(11-21)12-22-18-9-8-17(24(26)27)10-19(18)28-3/h4-10,12-13,22H,1-3H3,(H,23,25)/b15-12-. The molecule has 2 aromatic rings. The van der Waals surface area contributed by atoms with E-state index < -0.39 is 10.8 Å². The van der Waals surface area contributed by atoms with Gasteiger partial charge in [0.15, 0.2) is 0 Å². The van der Waals surface area contributed by atoms with Gasteiger partial charge in [0.2, 0.25) is 0 Å². The fraction of sp³-hybridized carbons (Fsp3) is 0.200. The van der Waals surface area contributed by atoms with E-state index in [0.717, 1.165) is 5.56 Å². The SMILES string of the molecule is COc1cc([N+](=O)[O-])ccc1N/C=C(/C#N)C(=O)Nc1ccc(C(C)C)cc1. The Morgan fingerprint density at radius 3 is 2.46 bits per heavy atom. The lowest BCUT2D eigenvalue weighted by Gasteiger charge is -2.09. The van der Waals surface area contributed by atoms with Gasteiger partial charge in [-0.3, -0.25) is 14.9 Å². The highest BCUT2D eigenvalue weighted by Gasteiger charge is 2.13. The number of rotatable bonds is 7. The molecular formula is C20H20N4O4. The van der Waals surface area contributed by atoms with E-state index in [-0.39, 0.29) is 17.0 Å². The lowest BCUT2D eigenvalue weighted by Crippen LogP contribution is -2.14. The van der Waals surface area contributed by atoms with Crippen LogP contribution in [-0.2, 0) is 4.79 Å². The number of amides is 1. The van der Waals surface area contributed by atoms with E-state index in [2.05, 4.69) is 24.5 Å². The second-order valence-corrected chi connectivity index (χ2v) is 6.19. The van der Waals surface area contributed by atoms with Crippen molar-refractivity contribution in [3.63, 3.8) is 0 Å². The number of methoxy groups -OCH3 is 1. The van der Waals surface area contributed by atoms with Gasteiger partial charge in [0, 0.05) is 18.0 Å². The van der Waals surface area contributed by atoms with Crippen molar-refractivity contribution >= 4 is 23.0 Å². The number of nitro benzene ring substituents is 1. The molecule has 2 aromatic carbocycles. The van der Waals surface area contributed by atoms with E-state index in [1.807, 2.05) is 18.2 Å². The summed E-state index contributed by atoms with van der Waals surface area (Å²) in [4.78, 5) is 22.6. The van der Waals surface area contributed by atoms with E-state index >= 15 is 0 Å². The first-order chi connectivity index (χ1) is 13.3. The summed E-state index contributed by atoms with van der Waals surface area (Å²) >= 11 is 0. The Morgan fingerprint density at radius 1 is 1.25 bits per heavy atom. The molecule has 0 saturated carbocycles. The molecule has 0 unspecified atom stereocenters. The minimum Gasteiger partial charge on any atom is -0.494 e. The van der Waals surface area contributed by atoms with E-state index in [0.29, 0.717) is 17.3 Å². The van der Waals surface area contributed by atoms with E-state index in [4.69, 9.17) is 4.74 Å². The zero-order valence-electron chi connectivity index (χ0n) is 15.7. The summed E-state index contributed by atoms with van der Waals surface area (Å²) in [5, 5.41) is 25.5.